The number of nitrogen functional groups attached to an aromatic ring is 1. The number of nitrogens with two attached hydrogens (primary N) is 1. The molecule has 0 fully saturated rings. The third-order valence-electron chi connectivity index (χ3n) is 4.39. The standard InChI is InChI=1S/C21H22FN5O3S/c1-3-26(8-9-30-21(29)24-15-7-6-14(2)16(22)11-15)20(28)13-27-19(23)12-17(25-27)18-5-4-10-31-18/h3-7,10-12H,1,8-9,13,23H2,2H3,(H,24,29). The van der Waals surface area contributed by atoms with Crippen LogP contribution >= 0.6 is 11.3 Å². The highest BCUT2D eigenvalue weighted by Crippen LogP contribution is 2.25. The number of aryl methyl sites for hydroxylation is 1. The number of anilines is 2. The van der Waals surface area contributed by atoms with Crippen LogP contribution in [-0.4, -0.2) is 39.8 Å². The number of carbonyl (C=O) groups excluding carboxylic acids is 2. The molecule has 0 saturated carbocycles. The van der Waals surface area contributed by atoms with E-state index in [-0.39, 0.29) is 31.3 Å². The zero-order valence-corrected chi connectivity index (χ0v) is 17.7. The second-order valence-corrected chi connectivity index (χ2v) is 7.53. The molecule has 0 unspecified atom stereocenters. The molecule has 1 aromatic carbocycles. The number of amides is 2. The first-order valence-corrected chi connectivity index (χ1v) is 10.2. The van der Waals surface area contributed by atoms with Gasteiger partial charge in [-0.25, -0.2) is 13.9 Å². The van der Waals surface area contributed by atoms with Gasteiger partial charge in [-0.1, -0.05) is 18.7 Å². The number of nitrogens with zero attached hydrogens (tertiary/aromatic N) is 3. The topological polar surface area (TPSA) is 102 Å². The normalized spacial score (nSPS) is 10.5. The average molecular weight is 444 g/mol. The van der Waals surface area contributed by atoms with Gasteiger partial charge in [0, 0.05) is 11.8 Å². The Morgan fingerprint density at radius 1 is 1.39 bits per heavy atom. The molecule has 0 atom stereocenters. The lowest BCUT2D eigenvalue weighted by molar-refractivity contribution is -0.129. The molecule has 10 heteroatoms. The molecule has 0 aliphatic heterocycles. The number of carbonyl (C=O) groups is 2. The van der Waals surface area contributed by atoms with Crippen LogP contribution in [0.2, 0.25) is 0 Å². The molecule has 0 aliphatic rings. The van der Waals surface area contributed by atoms with Gasteiger partial charge in [-0.15, -0.1) is 11.3 Å². The van der Waals surface area contributed by atoms with Crippen LogP contribution in [-0.2, 0) is 16.1 Å². The van der Waals surface area contributed by atoms with Gasteiger partial charge in [0.1, 0.15) is 30.5 Å². The number of ether oxygens (including phenoxy) is 1. The SMILES string of the molecule is C=CN(CCOC(=O)Nc1ccc(C)c(F)c1)C(=O)Cn1nc(-c2cccs2)cc1N. The van der Waals surface area contributed by atoms with E-state index >= 15 is 0 Å². The molecule has 162 valence electrons. The van der Waals surface area contributed by atoms with E-state index in [4.69, 9.17) is 10.5 Å². The number of thiophene rings is 1. The highest BCUT2D eigenvalue weighted by molar-refractivity contribution is 7.13. The summed E-state index contributed by atoms with van der Waals surface area (Å²) in [6.45, 7) is 5.18. The third-order valence-corrected chi connectivity index (χ3v) is 5.29. The summed E-state index contributed by atoms with van der Waals surface area (Å²) in [6, 6.07) is 9.85. The molecule has 2 aromatic heterocycles. The van der Waals surface area contributed by atoms with Gasteiger partial charge in [0.15, 0.2) is 0 Å². The minimum absolute atomic E-state index is 0.0764. The Kier molecular flexibility index (Phi) is 7.03. The van der Waals surface area contributed by atoms with E-state index in [9.17, 15) is 14.0 Å². The summed E-state index contributed by atoms with van der Waals surface area (Å²) in [4.78, 5) is 26.7. The number of hydrogen-bond acceptors (Lipinski definition) is 6. The number of hydrogen-bond donors (Lipinski definition) is 2. The predicted octanol–water partition coefficient (Wildman–Crippen LogP) is 3.86. The van der Waals surface area contributed by atoms with Gasteiger partial charge in [0.05, 0.1) is 11.4 Å². The Morgan fingerprint density at radius 2 is 2.19 bits per heavy atom. The van der Waals surface area contributed by atoms with E-state index in [1.807, 2.05) is 17.5 Å². The summed E-state index contributed by atoms with van der Waals surface area (Å²) in [6.07, 6.45) is 0.593. The fraction of sp³-hybridized carbons (Fsp3) is 0.190. The summed E-state index contributed by atoms with van der Waals surface area (Å²) in [5.41, 5.74) is 7.42. The van der Waals surface area contributed by atoms with E-state index in [1.54, 1.807) is 25.1 Å². The largest absolute Gasteiger partial charge is 0.447 e. The van der Waals surface area contributed by atoms with Crippen molar-refractivity contribution < 1.29 is 18.7 Å². The second kappa shape index (κ2) is 9.90. The average Bonchev–Trinajstić information content (AvgIpc) is 3.38. The monoisotopic (exact) mass is 443 g/mol. The van der Waals surface area contributed by atoms with Crippen LogP contribution in [0.15, 0.2) is 54.6 Å². The smallest absolute Gasteiger partial charge is 0.411 e. The van der Waals surface area contributed by atoms with Crippen molar-refractivity contribution in [3.8, 4) is 10.6 Å². The van der Waals surface area contributed by atoms with Crippen molar-refractivity contribution in [2.24, 2.45) is 0 Å². The van der Waals surface area contributed by atoms with Gasteiger partial charge in [-0.05, 0) is 42.3 Å². The van der Waals surface area contributed by atoms with Crippen LogP contribution in [0, 0.1) is 12.7 Å². The van der Waals surface area contributed by atoms with Crippen LogP contribution in [0.5, 0.6) is 0 Å². The molecular formula is C21H22FN5O3S. The van der Waals surface area contributed by atoms with Crippen molar-refractivity contribution in [2.75, 3.05) is 24.2 Å². The molecule has 0 spiro atoms. The molecule has 2 heterocycles. The van der Waals surface area contributed by atoms with Gasteiger partial charge < -0.3 is 15.4 Å². The van der Waals surface area contributed by atoms with Gasteiger partial charge in [-0.2, -0.15) is 5.10 Å². The summed E-state index contributed by atoms with van der Waals surface area (Å²) >= 11 is 1.53. The summed E-state index contributed by atoms with van der Waals surface area (Å²) in [5.74, 6) is -0.379. The molecule has 2 amide bonds. The zero-order chi connectivity index (χ0) is 22.4. The first-order chi connectivity index (χ1) is 14.9. The molecular weight excluding hydrogens is 421 g/mol. The van der Waals surface area contributed by atoms with Gasteiger partial charge >= 0.3 is 6.09 Å². The van der Waals surface area contributed by atoms with Crippen molar-refractivity contribution in [3.63, 3.8) is 0 Å². The van der Waals surface area contributed by atoms with Crippen LogP contribution in [0.4, 0.5) is 20.7 Å². The van der Waals surface area contributed by atoms with Crippen LogP contribution < -0.4 is 11.1 Å². The lowest BCUT2D eigenvalue weighted by atomic mass is 10.2. The van der Waals surface area contributed by atoms with Crippen molar-refractivity contribution in [1.29, 1.82) is 0 Å². The second-order valence-electron chi connectivity index (χ2n) is 6.58. The van der Waals surface area contributed by atoms with Crippen LogP contribution in [0.3, 0.4) is 0 Å². The fourth-order valence-electron chi connectivity index (χ4n) is 2.70. The molecule has 31 heavy (non-hydrogen) atoms. The third kappa shape index (κ3) is 5.70. The lowest BCUT2D eigenvalue weighted by Gasteiger charge is -2.18. The van der Waals surface area contributed by atoms with Crippen molar-refractivity contribution in [1.82, 2.24) is 14.7 Å². The summed E-state index contributed by atoms with van der Waals surface area (Å²) in [5, 5.41) is 8.74. The zero-order valence-electron chi connectivity index (χ0n) is 16.9. The van der Waals surface area contributed by atoms with E-state index in [1.165, 1.54) is 33.2 Å². The van der Waals surface area contributed by atoms with Gasteiger partial charge in [0.25, 0.3) is 0 Å². The molecule has 3 aromatic rings. The first-order valence-electron chi connectivity index (χ1n) is 9.36. The van der Waals surface area contributed by atoms with Crippen molar-refractivity contribution >= 4 is 34.8 Å². The highest BCUT2D eigenvalue weighted by atomic mass is 32.1. The fourth-order valence-corrected chi connectivity index (χ4v) is 3.38. The molecule has 0 radical (unpaired) electrons. The molecule has 8 nitrogen and oxygen atoms in total. The number of rotatable bonds is 8. The lowest BCUT2D eigenvalue weighted by Crippen LogP contribution is -2.33. The quantitative estimate of drug-likeness (QED) is 0.550. The van der Waals surface area contributed by atoms with Gasteiger partial charge in [-0.3, -0.25) is 10.1 Å². The Bertz CT molecular complexity index is 1080. The molecule has 0 bridgehead atoms. The number of nitrogens with one attached hydrogen (secondary N) is 1. The maximum absolute atomic E-state index is 13.5. The van der Waals surface area contributed by atoms with Gasteiger partial charge in [0.2, 0.25) is 5.91 Å². The number of halogens is 1. The van der Waals surface area contributed by atoms with Crippen LogP contribution in [0.1, 0.15) is 5.56 Å². The minimum Gasteiger partial charge on any atom is -0.447 e. The molecule has 3 N–H and O–H groups in total. The first kappa shape index (κ1) is 22.0. The minimum atomic E-state index is -0.753. The summed E-state index contributed by atoms with van der Waals surface area (Å²) < 4.78 is 20.0. The van der Waals surface area contributed by atoms with Crippen molar-refractivity contribution in [3.05, 3.63) is 65.9 Å². The Balaban J connectivity index is 1.50. The predicted molar refractivity (Wildman–Crippen MR) is 118 cm³/mol. The molecule has 3 rings (SSSR count). The maximum Gasteiger partial charge on any atom is 0.411 e. The van der Waals surface area contributed by atoms with Crippen molar-refractivity contribution in [2.45, 2.75) is 13.5 Å². The van der Waals surface area contributed by atoms with Crippen LogP contribution in [0.25, 0.3) is 10.6 Å². The molecule has 0 aliphatic carbocycles. The van der Waals surface area contributed by atoms with E-state index in [0.29, 0.717) is 17.1 Å². The summed E-state index contributed by atoms with van der Waals surface area (Å²) in [7, 11) is 0. The Morgan fingerprint density at radius 3 is 2.87 bits per heavy atom. The Hall–Kier alpha value is -3.66. The molecule has 0 saturated heterocycles. The highest BCUT2D eigenvalue weighted by Gasteiger charge is 2.16. The van der Waals surface area contributed by atoms with E-state index in [2.05, 4.69) is 17.0 Å². The maximum atomic E-state index is 13.5. The Labute approximate surface area is 182 Å². The van der Waals surface area contributed by atoms with E-state index < -0.39 is 11.9 Å². The number of benzene rings is 1. The van der Waals surface area contributed by atoms with E-state index in [0.717, 1.165) is 4.88 Å². The number of aromatic nitrogens is 2.